The summed E-state index contributed by atoms with van der Waals surface area (Å²) < 4.78 is 0. The van der Waals surface area contributed by atoms with Gasteiger partial charge < -0.3 is 10.1 Å². The van der Waals surface area contributed by atoms with Crippen LogP contribution in [0.25, 0.3) is 21.5 Å². The van der Waals surface area contributed by atoms with Gasteiger partial charge in [-0.2, -0.15) is 0 Å². The smallest absolute Gasteiger partial charge is 0.336 e. The van der Waals surface area contributed by atoms with Gasteiger partial charge in [0.1, 0.15) is 0 Å². The standard InChI is InChI=1S/C8H5N5O2/c9-13-12-5-2-7-6(10-3-11-7)1-4(5)8(14)15/h1-3H,(H,10,11)(H,14,15). The number of azide groups is 1. The molecule has 0 fully saturated rings. The van der Waals surface area contributed by atoms with E-state index in [-0.39, 0.29) is 11.3 Å². The number of fused-ring (bicyclic) bond motifs is 1. The van der Waals surface area contributed by atoms with E-state index < -0.39 is 5.97 Å². The van der Waals surface area contributed by atoms with Crippen LogP contribution in [0, 0.1) is 0 Å². The number of hydrogen-bond acceptors (Lipinski definition) is 3. The molecule has 0 bridgehead atoms. The fourth-order valence-corrected chi connectivity index (χ4v) is 1.27. The summed E-state index contributed by atoms with van der Waals surface area (Å²) in [7, 11) is 0. The molecule has 0 aliphatic carbocycles. The van der Waals surface area contributed by atoms with Gasteiger partial charge in [0.2, 0.25) is 0 Å². The number of hydrogen-bond donors (Lipinski definition) is 2. The number of carboxylic acids is 1. The second kappa shape index (κ2) is 3.32. The lowest BCUT2D eigenvalue weighted by atomic mass is 10.1. The summed E-state index contributed by atoms with van der Waals surface area (Å²) in [6, 6.07) is 2.81. The fraction of sp³-hybridized carbons (Fsp3) is 0. The van der Waals surface area contributed by atoms with Gasteiger partial charge in [-0.1, -0.05) is 5.11 Å². The number of aromatic carboxylic acids is 1. The third kappa shape index (κ3) is 1.47. The van der Waals surface area contributed by atoms with E-state index in [1.165, 1.54) is 18.5 Å². The molecule has 0 unspecified atom stereocenters. The molecule has 7 nitrogen and oxygen atoms in total. The summed E-state index contributed by atoms with van der Waals surface area (Å²) >= 11 is 0. The van der Waals surface area contributed by atoms with E-state index in [0.29, 0.717) is 11.0 Å². The molecule has 0 amide bonds. The van der Waals surface area contributed by atoms with Crippen molar-refractivity contribution in [2.24, 2.45) is 5.11 Å². The third-order valence-corrected chi connectivity index (χ3v) is 1.92. The SMILES string of the molecule is [N-]=[N+]=Nc1cc2[nH]cnc2cc1C(=O)O. The minimum atomic E-state index is -1.15. The van der Waals surface area contributed by atoms with Gasteiger partial charge >= 0.3 is 5.97 Å². The van der Waals surface area contributed by atoms with Crippen LogP contribution in [-0.2, 0) is 0 Å². The molecule has 0 atom stereocenters. The molecule has 0 aliphatic rings. The van der Waals surface area contributed by atoms with Crippen molar-refractivity contribution in [3.8, 4) is 0 Å². The normalized spacial score (nSPS) is 9.87. The Morgan fingerprint density at radius 2 is 2.40 bits per heavy atom. The number of aromatic amines is 1. The maximum atomic E-state index is 10.8. The van der Waals surface area contributed by atoms with Crippen molar-refractivity contribution < 1.29 is 9.90 Å². The molecule has 1 heterocycles. The van der Waals surface area contributed by atoms with Crippen molar-refractivity contribution in [1.29, 1.82) is 0 Å². The molecule has 1 aromatic carbocycles. The lowest BCUT2D eigenvalue weighted by molar-refractivity contribution is 0.0698. The Hall–Kier alpha value is -2.53. The van der Waals surface area contributed by atoms with Gasteiger partial charge in [0.15, 0.2) is 0 Å². The first-order valence-electron chi connectivity index (χ1n) is 3.98. The molecule has 7 heteroatoms. The van der Waals surface area contributed by atoms with Gasteiger partial charge in [-0.05, 0) is 17.7 Å². The number of nitrogens with zero attached hydrogens (tertiary/aromatic N) is 4. The average Bonchev–Trinajstić information content (AvgIpc) is 2.63. The minimum absolute atomic E-state index is 0.0626. The highest BCUT2D eigenvalue weighted by molar-refractivity contribution is 5.98. The molecule has 0 radical (unpaired) electrons. The average molecular weight is 203 g/mol. The second-order valence-corrected chi connectivity index (χ2v) is 2.78. The maximum Gasteiger partial charge on any atom is 0.336 e. The second-order valence-electron chi connectivity index (χ2n) is 2.78. The van der Waals surface area contributed by atoms with E-state index in [2.05, 4.69) is 20.0 Å². The Morgan fingerprint density at radius 3 is 3.07 bits per heavy atom. The van der Waals surface area contributed by atoms with Crippen LogP contribution in [0.4, 0.5) is 5.69 Å². The van der Waals surface area contributed by atoms with Gasteiger partial charge in [0.05, 0.1) is 28.6 Å². The highest BCUT2D eigenvalue weighted by atomic mass is 16.4. The van der Waals surface area contributed by atoms with Crippen LogP contribution in [0.3, 0.4) is 0 Å². The molecule has 74 valence electrons. The molecule has 2 rings (SSSR count). The van der Waals surface area contributed by atoms with Crippen LogP contribution in [0.2, 0.25) is 0 Å². The van der Waals surface area contributed by atoms with Crippen molar-refractivity contribution >= 4 is 22.7 Å². The number of carbonyl (C=O) groups is 1. The fourth-order valence-electron chi connectivity index (χ4n) is 1.27. The van der Waals surface area contributed by atoms with Gasteiger partial charge in [-0.25, -0.2) is 9.78 Å². The highest BCUT2D eigenvalue weighted by Crippen LogP contribution is 2.24. The molecule has 2 N–H and O–H groups in total. The number of rotatable bonds is 2. The zero-order chi connectivity index (χ0) is 10.8. The first-order chi connectivity index (χ1) is 7.22. The van der Waals surface area contributed by atoms with Crippen LogP contribution in [0.1, 0.15) is 10.4 Å². The summed E-state index contributed by atoms with van der Waals surface area (Å²) in [6.07, 6.45) is 1.44. The molecule has 15 heavy (non-hydrogen) atoms. The summed E-state index contributed by atoms with van der Waals surface area (Å²) in [5.41, 5.74) is 9.44. The number of carboxylic acid groups (broad SMARTS) is 1. The van der Waals surface area contributed by atoms with Crippen LogP contribution in [-0.4, -0.2) is 21.0 Å². The van der Waals surface area contributed by atoms with Crippen LogP contribution >= 0.6 is 0 Å². The third-order valence-electron chi connectivity index (χ3n) is 1.92. The van der Waals surface area contributed by atoms with Crippen molar-refractivity contribution in [3.05, 3.63) is 34.5 Å². The van der Waals surface area contributed by atoms with E-state index in [9.17, 15) is 4.79 Å². The molecule has 1 aromatic heterocycles. The van der Waals surface area contributed by atoms with E-state index >= 15 is 0 Å². The summed E-state index contributed by atoms with van der Waals surface area (Å²) in [4.78, 5) is 20.1. The Labute approximate surface area is 83.0 Å². The number of H-pyrrole nitrogens is 1. The monoisotopic (exact) mass is 203 g/mol. The quantitative estimate of drug-likeness (QED) is 0.442. The summed E-state index contributed by atoms with van der Waals surface area (Å²) in [6.45, 7) is 0. The van der Waals surface area contributed by atoms with Crippen molar-refractivity contribution in [2.75, 3.05) is 0 Å². The van der Waals surface area contributed by atoms with Gasteiger partial charge in [0, 0.05) is 4.91 Å². The van der Waals surface area contributed by atoms with Gasteiger partial charge in [0.25, 0.3) is 0 Å². The Morgan fingerprint density at radius 1 is 1.60 bits per heavy atom. The van der Waals surface area contributed by atoms with Crippen molar-refractivity contribution in [1.82, 2.24) is 9.97 Å². The first-order valence-corrected chi connectivity index (χ1v) is 3.98. The van der Waals surface area contributed by atoms with Gasteiger partial charge in [-0.15, -0.1) is 0 Å². The highest BCUT2D eigenvalue weighted by Gasteiger charge is 2.11. The van der Waals surface area contributed by atoms with E-state index in [1.54, 1.807) is 0 Å². The van der Waals surface area contributed by atoms with Crippen molar-refractivity contribution in [3.63, 3.8) is 0 Å². The largest absolute Gasteiger partial charge is 0.478 e. The summed E-state index contributed by atoms with van der Waals surface area (Å²) in [5.74, 6) is -1.15. The number of imidazole rings is 1. The number of benzene rings is 1. The summed E-state index contributed by atoms with van der Waals surface area (Å²) in [5, 5.41) is 12.2. The molecular weight excluding hydrogens is 198 g/mol. The Bertz CT molecular complexity index is 546. The predicted molar refractivity (Wildman–Crippen MR) is 51.9 cm³/mol. The van der Waals surface area contributed by atoms with Gasteiger partial charge in [-0.3, -0.25) is 0 Å². The molecule has 0 spiro atoms. The van der Waals surface area contributed by atoms with E-state index in [4.69, 9.17) is 10.6 Å². The lowest BCUT2D eigenvalue weighted by Crippen LogP contribution is -1.96. The topological polar surface area (TPSA) is 115 Å². The minimum Gasteiger partial charge on any atom is -0.478 e. The zero-order valence-electron chi connectivity index (χ0n) is 7.38. The molecule has 0 saturated heterocycles. The molecule has 0 saturated carbocycles. The predicted octanol–water partition coefficient (Wildman–Crippen LogP) is 2.20. The van der Waals surface area contributed by atoms with Crippen LogP contribution < -0.4 is 0 Å². The molecule has 2 aromatic rings. The zero-order valence-corrected chi connectivity index (χ0v) is 7.38. The maximum absolute atomic E-state index is 10.8. The Kier molecular flexibility index (Phi) is 2.00. The van der Waals surface area contributed by atoms with Crippen LogP contribution in [0.15, 0.2) is 23.6 Å². The van der Waals surface area contributed by atoms with E-state index in [0.717, 1.165) is 0 Å². The lowest BCUT2D eigenvalue weighted by Gasteiger charge is -1.99. The molecule has 0 aliphatic heterocycles. The Balaban J connectivity index is 2.78. The van der Waals surface area contributed by atoms with E-state index in [1.807, 2.05) is 0 Å². The molecular formula is C8H5N5O2. The first kappa shape index (κ1) is 9.04. The number of nitrogens with one attached hydrogen (secondary N) is 1. The van der Waals surface area contributed by atoms with Crippen LogP contribution in [0.5, 0.6) is 0 Å². The number of aromatic nitrogens is 2. The van der Waals surface area contributed by atoms with Crippen molar-refractivity contribution in [2.45, 2.75) is 0 Å².